The van der Waals surface area contributed by atoms with E-state index < -0.39 is 5.91 Å². The fourth-order valence-electron chi connectivity index (χ4n) is 4.11. The van der Waals surface area contributed by atoms with Gasteiger partial charge < -0.3 is 29.7 Å². The molecule has 9 nitrogen and oxygen atoms in total. The second-order valence-electron chi connectivity index (χ2n) is 8.66. The minimum atomic E-state index is -0.423. The monoisotopic (exact) mass is 479 g/mol. The van der Waals surface area contributed by atoms with Crippen molar-refractivity contribution in [2.45, 2.75) is 26.7 Å². The van der Waals surface area contributed by atoms with Gasteiger partial charge in [-0.15, -0.1) is 0 Å². The van der Waals surface area contributed by atoms with Gasteiger partial charge in [0.2, 0.25) is 0 Å². The smallest absolute Gasteiger partial charge is 0.274 e. The number of hydrogen-bond donors (Lipinski definition) is 3. The highest BCUT2D eigenvalue weighted by Crippen LogP contribution is 2.43. The van der Waals surface area contributed by atoms with Gasteiger partial charge in [-0.1, -0.05) is 31.1 Å². The first-order valence-corrected chi connectivity index (χ1v) is 11.6. The molecule has 0 unspecified atom stereocenters. The van der Waals surface area contributed by atoms with Crippen LogP contribution in [-0.4, -0.2) is 64.9 Å². The van der Waals surface area contributed by atoms with Crippen LogP contribution in [0.25, 0.3) is 22.5 Å². The molecular weight excluding hydrogens is 450 g/mol. The Morgan fingerprint density at radius 3 is 2.40 bits per heavy atom. The van der Waals surface area contributed by atoms with Crippen molar-refractivity contribution in [1.82, 2.24) is 15.4 Å². The van der Waals surface area contributed by atoms with Crippen LogP contribution in [0.15, 0.2) is 40.9 Å². The normalized spacial score (nSPS) is 13.8. The number of phenolic OH excluding ortho intramolecular Hbond substituents is 2. The summed E-state index contributed by atoms with van der Waals surface area (Å²) in [5, 5.41) is 27.6. The van der Waals surface area contributed by atoms with E-state index in [1.807, 2.05) is 13.8 Å². The van der Waals surface area contributed by atoms with Crippen molar-refractivity contribution in [3.8, 4) is 33.9 Å². The third-order valence-corrected chi connectivity index (χ3v) is 5.97. The first kappa shape index (κ1) is 24.3. The van der Waals surface area contributed by atoms with Crippen LogP contribution in [0.2, 0.25) is 0 Å². The quantitative estimate of drug-likeness (QED) is 0.491. The van der Waals surface area contributed by atoms with Gasteiger partial charge in [0.05, 0.1) is 24.3 Å². The maximum Gasteiger partial charge on any atom is 0.274 e. The lowest BCUT2D eigenvalue weighted by Crippen LogP contribution is -2.40. The molecule has 0 bridgehead atoms. The van der Waals surface area contributed by atoms with E-state index in [4.69, 9.17) is 9.26 Å². The van der Waals surface area contributed by atoms with Gasteiger partial charge >= 0.3 is 0 Å². The number of aromatic nitrogens is 1. The number of aromatic hydroxyl groups is 2. The van der Waals surface area contributed by atoms with Crippen LogP contribution >= 0.6 is 0 Å². The zero-order valence-electron chi connectivity index (χ0n) is 20.0. The fraction of sp³-hybridized carbons (Fsp3) is 0.346. The van der Waals surface area contributed by atoms with Crippen molar-refractivity contribution in [2.24, 2.45) is 0 Å². The molecule has 2 amide bonds. The van der Waals surface area contributed by atoms with Crippen molar-refractivity contribution in [2.75, 3.05) is 32.8 Å². The maximum absolute atomic E-state index is 12.8. The Bertz CT molecular complexity index is 1230. The van der Waals surface area contributed by atoms with Crippen LogP contribution in [0.5, 0.6) is 11.5 Å². The number of carbonyl (C=O) groups is 2. The molecule has 3 N–H and O–H groups in total. The van der Waals surface area contributed by atoms with Crippen LogP contribution in [-0.2, 0) is 4.74 Å². The molecule has 9 heteroatoms. The van der Waals surface area contributed by atoms with Crippen LogP contribution in [0.4, 0.5) is 0 Å². The van der Waals surface area contributed by atoms with E-state index in [2.05, 4.69) is 10.5 Å². The lowest BCUT2D eigenvalue weighted by Gasteiger charge is -2.26. The van der Waals surface area contributed by atoms with Gasteiger partial charge in [0.25, 0.3) is 11.8 Å². The number of phenols is 2. The van der Waals surface area contributed by atoms with E-state index in [0.717, 1.165) is 0 Å². The van der Waals surface area contributed by atoms with E-state index in [9.17, 15) is 19.8 Å². The molecular formula is C26H29N3O6. The van der Waals surface area contributed by atoms with E-state index in [-0.39, 0.29) is 34.8 Å². The van der Waals surface area contributed by atoms with Gasteiger partial charge in [-0.25, -0.2) is 0 Å². The minimum Gasteiger partial charge on any atom is -0.508 e. The van der Waals surface area contributed by atoms with E-state index in [1.165, 1.54) is 6.07 Å². The van der Waals surface area contributed by atoms with Gasteiger partial charge in [-0.05, 0) is 42.2 Å². The molecule has 0 saturated carbocycles. The van der Waals surface area contributed by atoms with Gasteiger partial charge in [0.15, 0.2) is 11.5 Å². The Labute approximate surface area is 203 Å². The Hall–Kier alpha value is -3.85. The number of carbonyl (C=O) groups excluding carboxylic acids is 2. The number of benzene rings is 2. The highest BCUT2D eigenvalue weighted by atomic mass is 16.5. The third-order valence-electron chi connectivity index (χ3n) is 5.97. The molecule has 1 saturated heterocycles. The molecule has 4 rings (SSSR count). The van der Waals surface area contributed by atoms with Crippen molar-refractivity contribution < 1.29 is 29.1 Å². The number of ether oxygens (including phenoxy) is 1. The number of hydrogen-bond acceptors (Lipinski definition) is 7. The molecule has 0 radical (unpaired) electrons. The Morgan fingerprint density at radius 1 is 1.09 bits per heavy atom. The number of nitrogens with zero attached hydrogens (tertiary/aromatic N) is 2. The van der Waals surface area contributed by atoms with Crippen LogP contribution in [0.3, 0.4) is 0 Å². The van der Waals surface area contributed by atoms with Gasteiger partial charge in [-0.2, -0.15) is 0 Å². The highest BCUT2D eigenvalue weighted by Gasteiger charge is 2.27. The summed E-state index contributed by atoms with van der Waals surface area (Å²) in [4.78, 5) is 27.4. The molecule has 1 aromatic heterocycles. The van der Waals surface area contributed by atoms with Crippen molar-refractivity contribution in [3.05, 3.63) is 53.2 Å². The molecule has 1 fully saturated rings. The SMILES string of the molecule is CCNC(=O)c1noc(-c2cc(C(C)C)c(O)cc2O)c1-c1ccc(C(=O)N2CCOCC2)cc1. The van der Waals surface area contributed by atoms with E-state index >= 15 is 0 Å². The summed E-state index contributed by atoms with van der Waals surface area (Å²) in [5.41, 5.74) is 2.48. The summed E-state index contributed by atoms with van der Waals surface area (Å²) in [5.74, 6) is -0.574. The first-order valence-electron chi connectivity index (χ1n) is 11.6. The summed E-state index contributed by atoms with van der Waals surface area (Å²) in [6.07, 6.45) is 0. The lowest BCUT2D eigenvalue weighted by atomic mass is 9.94. The number of rotatable bonds is 6. The Morgan fingerprint density at radius 2 is 1.77 bits per heavy atom. The third kappa shape index (κ3) is 4.85. The summed E-state index contributed by atoms with van der Waals surface area (Å²) in [6.45, 7) is 8.13. The van der Waals surface area contributed by atoms with Gasteiger partial charge in [-0.3, -0.25) is 9.59 Å². The van der Waals surface area contributed by atoms with Crippen LogP contribution in [0, 0.1) is 0 Å². The molecule has 2 aromatic carbocycles. The van der Waals surface area contributed by atoms with Crippen LogP contribution < -0.4 is 5.32 Å². The minimum absolute atomic E-state index is 0.0194. The predicted molar refractivity (Wildman–Crippen MR) is 130 cm³/mol. The molecule has 35 heavy (non-hydrogen) atoms. The summed E-state index contributed by atoms with van der Waals surface area (Å²) < 4.78 is 10.9. The van der Waals surface area contributed by atoms with Crippen molar-refractivity contribution >= 4 is 11.8 Å². The molecule has 0 atom stereocenters. The first-order chi connectivity index (χ1) is 16.8. The second-order valence-corrected chi connectivity index (χ2v) is 8.66. The molecule has 2 heterocycles. The predicted octanol–water partition coefficient (Wildman–Crippen LogP) is 3.77. The van der Waals surface area contributed by atoms with Gasteiger partial charge in [0.1, 0.15) is 11.5 Å². The molecule has 1 aliphatic rings. The molecule has 3 aromatic rings. The summed E-state index contributed by atoms with van der Waals surface area (Å²) >= 11 is 0. The highest BCUT2D eigenvalue weighted by molar-refractivity contribution is 6.03. The average Bonchev–Trinajstić information content (AvgIpc) is 3.29. The second kappa shape index (κ2) is 10.2. The number of morpholine rings is 1. The lowest BCUT2D eigenvalue weighted by molar-refractivity contribution is 0.0303. The van der Waals surface area contributed by atoms with E-state index in [0.29, 0.717) is 60.7 Å². The summed E-state index contributed by atoms with van der Waals surface area (Å²) in [7, 11) is 0. The standard InChI is InChI=1S/C26H29N3O6/c1-4-27-25(32)23-22(16-5-7-17(8-6-16)26(33)29-9-11-34-12-10-29)24(35-28-23)19-13-18(15(2)3)20(30)14-21(19)31/h5-8,13-15,30-31H,4,9-12H2,1-3H3,(H,27,32). The number of nitrogens with one attached hydrogen (secondary N) is 1. The topological polar surface area (TPSA) is 125 Å². The van der Waals surface area contributed by atoms with Crippen LogP contribution in [0.1, 0.15) is 53.1 Å². The number of amides is 2. The van der Waals surface area contributed by atoms with E-state index in [1.54, 1.807) is 42.2 Å². The van der Waals surface area contributed by atoms with Crippen molar-refractivity contribution in [1.29, 1.82) is 0 Å². The Kier molecular flexibility index (Phi) is 7.07. The Balaban J connectivity index is 1.79. The fourth-order valence-corrected chi connectivity index (χ4v) is 4.11. The molecule has 0 aliphatic carbocycles. The van der Waals surface area contributed by atoms with Crippen molar-refractivity contribution in [3.63, 3.8) is 0 Å². The summed E-state index contributed by atoms with van der Waals surface area (Å²) in [6, 6.07) is 9.74. The van der Waals surface area contributed by atoms with Gasteiger partial charge in [0, 0.05) is 31.3 Å². The average molecular weight is 480 g/mol. The molecule has 0 spiro atoms. The maximum atomic E-state index is 12.8. The largest absolute Gasteiger partial charge is 0.508 e. The molecule has 1 aliphatic heterocycles. The zero-order chi connectivity index (χ0) is 25.1. The molecule has 184 valence electrons. The zero-order valence-corrected chi connectivity index (χ0v) is 20.0.